The summed E-state index contributed by atoms with van der Waals surface area (Å²) in [6.45, 7) is 3.24. The van der Waals surface area contributed by atoms with Gasteiger partial charge in [0.25, 0.3) is 0 Å². The molecule has 0 fully saturated rings. The number of nitrogen functional groups attached to an aromatic ring is 1. The number of rotatable bonds is 5. The molecule has 0 saturated heterocycles. The van der Waals surface area contributed by atoms with Crippen LogP contribution in [0.1, 0.15) is 12.6 Å². The molecule has 0 aliphatic rings. The maximum atomic E-state index is 6.02. The van der Waals surface area contributed by atoms with E-state index in [1.54, 1.807) is 0 Å². The summed E-state index contributed by atoms with van der Waals surface area (Å²) in [7, 11) is 1.91. The van der Waals surface area contributed by atoms with Crippen LogP contribution in [0.3, 0.4) is 0 Å². The second-order valence-electron chi connectivity index (χ2n) is 4.88. The number of aromatic nitrogens is 4. The molecule has 0 spiro atoms. The van der Waals surface area contributed by atoms with Gasteiger partial charge in [0.1, 0.15) is 17.9 Å². The van der Waals surface area contributed by atoms with Crippen LogP contribution in [0.2, 0.25) is 0 Å². The molecule has 6 heteroatoms. The molecule has 1 aromatic carbocycles. The van der Waals surface area contributed by atoms with E-state index in [0.29, 0.717) is 19.1 Å². The molecule has 0 amide bonds. The van der Waals surface area contributed by atoms with Crippen molar-refractivity contribution in [2.24, 2.45) is 7.05 Å². The molecule has 2 aromatic heterocycles. The van der Waals surface area contributed by atoms with E-state index >= 15 is 0 Å². The van der Waals surface area contributed by atoms with Crippen LogP contribution in [0.15, 0.2) is 30.3 Å². The van der Waals surface area contributed by atoms with Crippen LogP contribution >= 0.6 is 0 Å². The van der Waals surface area contributed by atoms with Gasteiger partial charge in [-0.05, 0) is 18.6 Å². The Labute approximate surface area is 123 Å². The minimum absolute atomic E-state index is 0.504. The van der Waals surface area contributed by atoms with Gasteiger partial charge in [-0.25, -0.2) is 4.98 Å². The summed E-state index contributed by atoms with van der Waals surface area (Å²) >= 11 is 0. The number of aryl methyl sites for hydroxylation is 2. The van der Waals surface area contributed by atoms with E-state index in [9.17, 15) is 0 Å². The number of para-hydroxylation sites is 1. The average Bonchev–Trinajstić information content (AvgIpc) is 2.98. The summed E-state index contributed by atoms with van der Waals surface area (Å²) in [4.78, 5) is 4.43. The van der Waals surface area contributed by atoms with Gasteiger partial charge in [0.2, 0.25) is 5.95 Å². The van der Waals surface area contributed by atoms with Gasteiger partial charge in [0, 0.05) is 7.05 Å². The first-order chi connectivity index (χ1) is 10.2. The van der Waals surface area contributed by atoms with E-state index in [4.69, 9.17) is 10.5 Å². The predicted octanol–water partition coefficient (Wildman–Crippen LogP) is 1.99. The van der Waals surface area contributed by atoms with Crippen LogP contribution in [0.25, 0.3) is 11.2 Å². The molecule has 2 heterocycles. The van der Waals surface area contributed by atoms with Crippen molar-refractivity contribution in [1.29, 1.82) is 0 Å². The van der Waals surface area contributed by atoms with Gasteiger partial charge in [0.05, 0.1) is 12.2 Å². The smallest absolute Gasteiger partial charge is 0.202 e. The average molecular weight is 285 g/mol. The summed E-state index contributed by atoms with van der Waals surface area (Å²) in [6.07, 6.45) is 0.842. The molecule has 21 heavy (non-hydrogen) atoms. The largest absolute Gasteiger partial charge is 0.492 e. The summed E-state index contributed by atoms with van der Waals surface area (Å²) in [5.41, 5.74) is 8.83. The van der Waals surface area contributed by atoms with Gasteiger partial charge in [-0.2, -0.15) is 5.10 Å². The van der Waals surface area contributed by atoms with E-state index in [1.807, 2.05) is 46.6 Å². The van der Waals surface area contributed by atoms with Crippen molar-refractivity contribution in [1.82, 2.24) is 19.3 Å². The standard InChI is InChI=1S/C15H19N5O/c1-3-12-13-14(19(2)18-12)20(15(16)17-13)9-10-21-11-7-5-4-6-8-11/h4-8H,3,9-10H2,1-2H3,(H2,16,17). The Kier molecular flexibility index (Phi) is 3.51. The Morgan fingerprint density at radius 1 is 1.24 bits per heavy atom. The van der Waals surface area contributed by atoms with Crippen molar-refractivity contribution in [3.8, 4) is 5.75 Å². The lowest BCUT2D eigenvalue weighted by Crippen LogP contribution is -2.12. The summed E-state index contributed by atoms with van der Waals surface area (Å²) in [5, 5.41) is 4.47. The molecule has 6 nitrogen and oxygen atoms in total. The molecule has 3 rings (SSSR count). The molecule has 2 N–H and O–H groups in total. The van der Waals surface area contributed by atoms with Crippen molar-refractivity contribution in [3.63, 3.8) is 0 Å². The number of nitrogens with two attached hydrogens (primary N) is 1. The predicted molar refractivity (Wildman–Crippen MR) is 82.2 cm³/mol. The van der Waals surface area contributed by atoms with Crippen molar-refractivity contribution >= 4 is 17.1 Å². The first-order valence-corrected chi connectivity index (χ1v) is 7.06. The Hall–Kier alpha value is -2.50. The lowest BCUT2D eigenvalue weighted by molar-refractivity contribution is 0.300. The number of nitrogens with zero attached hydrogens (tertiary/aromatic N) is 4. The van der Waals surface area contributed by atoms with Crippen LogP contribution in [0, 0.1) is 0 Å². The third-order valence-electron chi connectivity index (χ3n) is 3.48. The zero-order valence-electron chi connectivity index (χ0n) is 12.3. The number of hydrogen-bond donors (Lipinski definition) is 1. The lowest BCUT2D eigenvalue weighted by Gasteiger charge is -2.09. The van der Waals surface area contributed by atoms with Crippen LogP contribution in [-0.4, -0.2) is 25.9 Å². The molecule has 0 unspecified atom stereocenters. The highest BCUT2D eigenvalue weighted by atomic mass is 16.5. The molecular formula is C15H19N5O. The van der Waals surface area contributed by atoms with Crippen molar-refractivity contribution < 1.29 is 4.74 Å². The molecule has 0 aliphatic heterocycles. The van der Waals surface area contributed by atoms with Gasteiger partial charge >= 0.3 is 0 Å². The highest BCUT2D eigenvalue weighted by Gasteiger charge is 2.16. The molecular weight excluding hydrogens is 266 g/mol. The second kappa shape index (κ2) is 5.47. The van der Waals surface area contributed by atoms with E-state index in [-0.39, 0.29) is 0 Å². The van der Waals surface area contributed by atoms with E-state index in [2.05, 4.69) is 17.0 Å². The number of ether oxygens (including phenoxy) is 1. The highest BCUT2D eigenvalue weighted by molar-refractivity contribution is 5.77. The Morgan fingerprint density at radius 2 is 2.00 bits per heavy atom. The first kappa shape index (κ1) is 13.5. The molecule has 0 atom stereocenters. The number of imidazole rings is 1. The summed E-state index contributed by atoms with van der Waals surface area (Å²) in [6, 6.07) is 9.74. The van der Waals surface area contributed by atoms with Gasteiger partial charge in [0.15, 0.2) is 5.65 Å². The van der Waals surface area contributed by atoms with Crippen molar-refractivity contribution in [2.75, 3.05) is 12.3 Å². The van der Waals surface area contributed by atoms with Crippen LogP contribution < -0.4 is 10.5 Å². The van der Waals surface area contributed by atoms with Gasteiger partial charge in [-0.3, -0.25) is 9.25 Å². The topological polar surface area (TPSA) is 70.9 Å². The SMILES string of the molecule is CCc1nn(C)c2c1nc(N)n2CCOc1ccccc1. The first-order valence-electron chi connectivity index (χ1n) is 7.06. The third-order valence-corrected chi connectivity index (χ3v) is 3.48. The fourth-order valence-electron chi connectivity index (χ4n) is 2.49. The van der Waals surface area contributed by atoms with Crippen LogP contribution in [0.5, 0.6) is 5.75 Å². The Morgan fingerprint density at radius 3 is 2.71 bits per heavy atom. The van der Waals surface area contributed by atoms with Crippen LogP contribution in [-0.2, 0) is 20.0 Å². The quantitative estimate of drug-likeness (QED) is 0.778. The molecule has 0 bridgehead atoms. The molecule has 110 valence electrons. The summed E-state index contributed by atoms with van der Waals surface area (Å²) < 4.78 is 9.50. The zero-order chi connectivity index (χ0) is 14.8. The monoisotopic (exact) mass is 285 g/mol. The Balaban J connectivity index is 1.80. The highest BCUT2D eigenvalue weighted by Crippen LogP contribution is 2.21. The summed E-state index contributed by atoms with van der Waals surface area (Å²) in [5.74, 6) is 1.36. The van der Waals surface area contributed by atoms with E-state index < -0.39 is 0 Å². The number of hydrogen-bond acceptors (Lipinski definition) is 4. The molecule has 3 aromatic rings. The van der Waals surface area contributed by atoms with E-state index in [0.717, 1.165) is 29.0 Å². The maximum Gasteiger partial charge on any atom is 0.202 e. The minimum atomic E-state index is 0.504. The lowest BCUT2D eigenvalue weighted by atomic mass is 10.3. The minimum Gasteiger partial charge on any atom is -0.492 e. The van der Waals surface area contributed by atoms with Gasteiger partial charge in [-0.1, -0.05) is 25.1 Å². The fourth-order valence-corrected chi connectivity index (χ4v) is 2.49. The maximum absolute atomic E-state index is 6.02. The number of anilines is 1. The van der Waals surface area contributed by atoms with Crippen molar-refractivity contribution in [2.45, 2.75) is 19.9 Å². The second-order valence-corrected chi connectivity index (χ2v) is 4.88. The normalized spacial score (nSPS) is 11.1. The number of fused-ring (bicyclic) bond motifs is 1. The van der Waals surface area contributed by atoms with Crippen LogP contribution in [0.4, 0.5) is 5.95 Å². The molecule has 0 radical (unpaired) electrons. The fraction of sp³-hybridized carbons (Fsp3) is 0.333. The molecule has 0 aliphatic carbocycles. The third kappa shape index (κ3) is 2.44. The van der Waals surface area contributed by atoms with Crippen molar-refractivity contribution in [3.05, 3.63) is 36.0 Å². The number of benzene rings is 1. The van der Waals surface area contributed by atoms with E-state index in [1.165, 1.54) is 0 Å². The van der Waals surface area contributed by atoms with Gasteiger partial charge in [-0.15, -0.1) is 0 Å². The zero-order valence-corrected chi connectivity index (χ0v) is 12.3. The molecule has 0 saturated carbocycles. The Bertz CT molecular complexity index is 744. The van der Waals surface area contributed by atoms with Gasteiger partial charge < -0.3 is 10.5 Å².